The fourth-order valence-electron chi connectivity index (χ4n) is 3.38. The Morgan fingerprint density at radius 3 is 2.84 bits per heavy atom. The van der Waals surface area contributed by atoms with Crippen LogP contribution in [0, 0.1) is 5.92 Å². The normalized spacial score (nSPS) is 16.4. The van der Waals surface area contributed by atoms with Crippen LogP contribution in [0.25, 0.3) is 11.0 Å². The van der Waals surface area contributed by atoms with E-state index in [1.807, 2.05) is 23.6 Å². The molecule has 0 atom stereocenters. The van der Waals surface area contributed by atoms with Gasteiger partial charge in [0.15, 0.2) is 5.13 Å². The molecule has 0 spiro atoms. The third-order valence-electron chi connectivity index (χ3n) is 4.87. The van der Waals surface area contributed by atoms with Crippen LogP contribution in [0.5, 0.6) is 0 Å². The molecule has 1 N–H and O–H groups in total. The molecular formula is C18H21N5OS. The lowest BCUT2D eigenvalue weighted by Gasteiger charge is -2.30. The molecule has 1 saturated heterocycles. The van der Waals surface area contributed by atoms with E-state index in [9.17, 15) is 4.79 Å². The molecule has 130 valence electrons. The molecule has 0 saturated carbocycles. The van der Waals surface area contributed by atoms with Gasteiger partial charge in [0, 0.05) is 24.5 Å². The highest BCUT2D eigenvalue weighted by atomic mass is 32.1. The number of thiazole rings is 1. The first kappa shape index (κ1) is 16.2. The van der Waals surface area contributed by atoms with Crippen molar-refractivity contribution in [3.8, 4) is 0 Å². The Morgan fingerprint density at radius 2 is 2.12 bits per heavy atom. The van der Waals surface area contributed by atoms with E-state index in [1.54, 1.807) is 6.20 Å². The summed E-state index contributed by atoms with van der Waals surface area (Å²) >= 11 is 1.46. The van der Waals surface area contributed by atoms with Gasteiger partial charge in [-0.1, -0.05) is 12.1 Å². The molecule has 1 fully saturated rings. The number of anilines is 1. The summed E-state index contributed by atoms with van der Waals surface area (Å²) in [5.74, 6) is 1.24. The van der Waals surface area contributed by atoms with Crippen LogP contribution >= 0.6 is 11.3 Å². The summed E-state index contributed by atoms with van der Waals surface area (Å²) in [6.45, 7) is 2.66. The van der Waals surface area contributed by atoms with Gasteiger partial charge in [0.2, 0.25) is 5.91 Å². The Balaban J connectivity index is 1.35. The summed E-state index contributed by atoms with van der Waals surface area (Å²) in [6, 6.07) is 8.21. The van der Waals surface area contributed by atoms with Gasteiger partial charge in [0.05, 0.1) is 17.6 Å². The second-order valence-corrected chi connectivity index (χ2v) is 7.35. The van der Waals surface area contributed by atoms with E-state index in [0.29, 0.717) is 5.13 Å². The lowest BCUT2D eigenvalue weighted by atomic mass is 9.96. The molecule has 4 rings (SSSR count). The summed E-state index contributed by atoms with van der Waals surface area (Å²) in [7, 11) is 2.07. The van der Waals surface area contributed by atoms with Crippen LogP contribution in [0.4, 0.5) is 5.13 Å². The number of carbonyl (C=O) groups is 1. The Morgan fingerprint density at radius 1 is 1.32 bits per heavy atom. The van der Waals surface area contributed by atoms with E-state index in [2.05, 4.69) is 32.9 Å². The van der Waals surface area contributed by atoms with Crippen molar-refractivity contribution in [2.75, 3.05) is 18.4 Å². The van der Waals surface area contributed by atoms with Gasteiger partial charge in [-0.2, -0.15) is 0 Å². The molecule has 0 aliphatic carbocycles. The van der Waals surface area contributed by atoms with Gasteiger partial charge in [-0.05, 0) is 38.1 Å². The minimum absolute atomic E-state index is 0.0700. The number of benzene rings is 1. The summed E-state index contributed by atoms with van der Waals surface area (Å²) in [5.41, 5.74) is 2.20. The number of carbonyl (C=O) groups excluding carboxylic acids is 1. The van der Waals surface area contributed by atoms with Crippen LogP contribution in [0.1, 0.15) is 18.7 Å². The van der Waals surface area contributed by atoms with Crippen LogP contribution in [0.15, 0.2) is 35.8 Å². The number of nitrogens with zero attached hydrogens (tertiary/aromatic N) is 4. The molecule has 25 heavy (non-hydrogen) atoms. The standard InChI is InChI=1S/C18H21N5OS/c1-22-15-5-3-2-4-14(15)20-16(22)12-23-9-6-13(7-10-23)17(24)21-18-19-8-11-25-18/h2-5,8,11,13H,6-7,9-10,12H2,1H3,(H,19,21,24). The molecule has 3 aromatic rings. The van der Waals surface area contributed by atoms with Crippen molar-refractivity contribution in [2.24, 2.45) is 13.0 Å². The third kappa shape index (κ3) is 3.43. The Bertz CT molecular complexity index is 865. The average molecular weight is 355 g/mol. The molecule has 1 amide bonds. The number of piperidine rings is 1. The lowest BCUT2D eigenvalue weighted by molar-refractivity contribution is -0.121. The maximum Gasteiger partial charge on any atom is 0.229 e. The average Bonchev–Trinajstić information content (AvgIpc) is 3.24. The highest BCUT2D eigenvalue weighted by Gasteiger charge is 2.26. The number of para-hydroxylation sites is 2. The molecule has 1 aliphatic heterocycles. The van der Waals surface area contributed by atoms with Gasteiger partial charge in [0.1, 0.15) is 5.82 Å². The number of likely N-dealkylation sites (tertiary alicyclic amines) is 1. The van der Waals surface area contributed by atoms with Crippen LogP contribution < -0.4 is 5.32 Å². The number of hydrogen-bond acceptors (Lipinski definition) is 5. The van der Waals surface area contributed by atoms with Crippen molar-refractivity contribution in [3.05, 3.63) is 41.7 Å². The highest BCUT2D eigenvalue weighted by molar-refractivity contribution is 7.13. The maximum atomic E-state index is 12.3. The number of imidazole rings is 1. The molecule has 0 bridgehead atoms. The van der Waals surface area contributed by atoms with E-state index in [-0.39, 0.29) is 11.8 Å². The second kappa shape index (κ2) is 6.93. The Kier molecular flexibility index (Phi) is 4.50. The fourth-order valence-corrected chi connectivity index (χ4v) is 3.91. The van der Waals surface area contributed by atoms with Gasteiger partial charge >= 0.3 is 0 Å². The lowest BCUT2D eigenvalue weighted by Crippen LogP contribution is -2.38. The monoisotopic (exact) mass is 355 g/mol. The number of fused-ring (bicyclic) bond motifs is 1. The Hall–Kier alpha value is -2.25. The smallest absolute Gasteiger partial charge is 0.229 e. The number of aryl methyl sites for hydroxylation is 1. The molecule has 2 aromatic heterocycles. The highest BCUT2D eigenvalue weighted by Crippen LogP contribution is 2.22. The van der Waals surface area contributed by atoms with Gasteiger partial charge in [-0.25, -0.2) is 9.97 Å². The molecule has 1 aliphatic rings. The van der Waals surface area contributed by atoms with Gasteiger partial charge in [0.25, 0.3) is 0 Å². The van der Waals surface area contributed by atoms with Crippen molar-refractivity contribution in [1.82, 2.24) is 19.4 Å². The number of amides is 1. The number of aromatic nitrogens is 3. The topological polar surface area (TPSA) is 63.1 Å². The zero-order valence-electron chi connectivity index (χ0n) is 14.2. The van der Waals surface area contributed by atoms with E-state index >= 15 is 0 Å². The number of nitrogens with one attached hydrogen (secondary N) is 1. The maximum absolute atomic E-state index is 12.3. The van der Waals surface area contributed by atoms with Gasteiger partial charge in [-0.15, -0.1) is 11.3 Å². The first-order chi connectivity index (χ1) is 12.2. The van der Waals surface area contributed by atoms with Crippen LogP contribution in [0.2, 0.25) is 0 Å². The molecule has 7 heteroatoms. The first-order valence-electron chi connectivity index (χ1n) is 8.54. The SMILES string of the molecule is Cn1c(CN2CCC(C(=O)Nc3nccs3)CC2)nc2ccccc21. The number of rotatable bonds is 4. The van der Waals surface area contributed by atoms with Gasteiger partial charge < -0.3 is 9.88 Å². The molecule has 1 aromatic carbocycles. The first-order valence-corrected chi connectivity index (χ1v) is 9.42. The van der Waals surface area contributed by atoms with Crippen molar-refractivity contribution < 1.29 is 4.79 Å². The predicted molar refractivity (Wildman–Crippen MR) is 99.5 cm³/mol. The molecule has 0 radical (unpaired) electrons. The van der Waals surface area contributed by atoms with Crippen molar-refractivity contribution >= 4 is 33.4 Å². The van der Waals surface area contributed by atoms with E-state index in [4.69, 9.17) is 4.98 Å². The largest absolute Gasteiger partial charge is 0.330 e. The Labute approximate surface area is 150 Å². The summed E-state index contributed by atoms with van der Waals surface area (Å²) in [6.07, 6.45) is 3.46. The van der Waals surface area contributed by atoms with Crippen LogP contribution in [-0.4, -0.2) is 38.4 Å². The zero-order chi connectivity index (χ0) is 17.2. The summed E-state index contributed by atoms with van der Waals surface area (Å²) in [4.78, 5) is 23.6. The third-order valence-corrected chi connectivity index (χ3v) is 5.55. The zero-order valence-corrected chi connectivity index (χ0v) is 15.0. The molecule has 3 heterocycles. The minimum Gasteiger partial charge on any atom is -0.330 e. The van der Waals surface area contributed by atoms with Crippen molar-refractivity contribution in [3.63, 3.8) is 0 Å². The summed E-state index contributed by atoms with van der Waals surface area (Å²) in [5, 5.41) is 5.47. The molecular weight excluding hydrogens is 334 g/mol. The van der Waals surface area contributed by atoms with E-state index in [1.165, 1.54) is 11.3 Å². The predicted octanol–water partition coefficient (Wildman–Crippen LogP) is 2.88. The van der Waals surface area contributed by atoms with Crippen molar-refractivity contribution in [2.45, 2.75) is 19.4 Å². The number of hydrogen-bond donors (Lipinski definition) is 1. The second-order valence-electron chi connectivity index (χ2n) is 6.45. The van der Waals surface area contributed by atoms with Crippen LogP contribution in [-0.2, 0) is 18.4 Å². The summed E-state index contributed by atoms with van der Waals surface area (Å²) < 4.78 is 2.16. The quantitative estimate of drug-likeness (QED) is 0.782. The van der Waals surface area contributed by atoms with Crippen LogP contribution in [0.3, 0.4) is 0 Å². The molecule has 0 unspecified atom stereocenters. The fraction of sp³-hybridized carbons (Fsp3) is 0.389. The van der Waals surface area contributed by atoms with E-state index < -0.39 is 0 Å². The van der Waals surface area contributed by atoms with Gasteiger partial charge in [-0.3, -0.25) is 9.69 Å². The van der Waals surface area contributed by atoms with E-state index in [0.717, 1.165) is 49.3 Å². The molecule has 6 nitrogen and oxygen atoms in total. The van der Waals surface area contributed by atoms with Crippen molar-refractivity contribution in [1.29, 1.82) is 0 Å². The minimum atomic E-state index is 0.0700.